The van der Waals surface area contributed by atoms with E-state index < -0.39 is 22.0 Å². The maximum Gasteiger partial charge on any atom is 0.336 e. The van der Waals surface area contributed by atoms with Crippen molar-refractivity contribution in [3.8, 4) is 0 Å². The molecule has 2 rings (SSSR count). The van der Waals surface area contributed by atoms with Gasteiger partial charge in [0.05, 0.1) is 4.92 Å². The van der Waals surface area contributed by atoms with Crippen LogP contribution in [0.3, 0.4) is 0 Å². The Balaban J connectivity index is 2.68. The Morgan fingerprint density at radius 2 is 1.67 bits per heavy atom. The van der Waals surface area contributed by atoms with Gasteiger partial charge in [-0.05, 0) is 44.0 Å². The van der Waals surface area contributed by atoms with Gasteiger partial charge >= 0.3 is 5.97 Å². The van der Waals surface area contributed by atoms with Crippen molar-refractivity contribution >= 4 is 11.7 Å². The monoisotopic (exact) mass is 368 g/mol. The molecule has 0 fully saturated rings. The van der Waals surface area contributed by atoms with Crippen LogP contribution in [-0.4, -0.2) is 23.0 Å². The number of hydrogen-bond acceptors (Lipinski definition) is 5. The first-order valence-electron chi connectivity index (χ1n) is 8.60. The molecule has 27 heavy (non-hydrogen) atoms. The third-order valence-corrected chi connectivity index (χ3v) is 3.93. The van der Waals surface area contributed by atoms with E-state index in [1.165, 1.54) is 12.1 Å². The second kappa shape index (κ2) is 8.14. The minimum absolute atomic E-state index is 0.0476. The predicted molar refractivity (Wildman–Crippen MR) is 104 cm³/mol. The van der Waals surface area contributed by atoms with Gasteiger partial charge in [0.25, 0.3) is 5.69 Å². The van der Waals surface area contributed by atoms with E-state index in [0.29, 0.717) is 17.7 Å². The normalized spacial score (nSPS) is 13.4. The van der Waals surface area contributed by atoms with Crippen LogP contribution in [0, 0.1) is 10.1 Å². The lowest BCUT2D eigenvalue weighted by Gasteiger charge is -2.36. The van der Waals surface area contributed by atoms with Gasteiger partial charge in [0, 0.05) is 18.7 Å². The summed E-state index contributed by atoms with van der Waals surface area (Å²) >= 11 is 0. The number of nitrogens with zero attached hydrogens (tertiary/aromatic N) is 1. The quantitative estimate of drug-likeness (QED) is 0.346. The van der Waals surface area contributed by atoms with Gasteiger partial charge in [-0.1, -0.05) is 36.4 Å². The average molecular weight is 368 g/mol. The highest BCUT2D eigenvalue weighted by Gasteiger charge is 2.44. The first-order chi connectivity index (χ1) is 12.7. The zero-order valence-corrected chi connectivity index (χ0v) is 15.8. The summed E-state index contributed by atoms with van der Waals surface area (Å²) in [4.78, 5) is 23.9. The van der Waals surface area contributed by atoms with Crippen molar-refractivity contribution < 1.29 is 14.5 Å². The SMILES string of the molecule is C=CCN[C@](C(=O)OC(C)(C)C)(c1ccccc1)c1ccc([N+](=O)[O-])cc1. The summed E-state index contributed by atoms with van der Waals surface area (Å²) in [7, 11) is 0. The highest BCUT2D eigenvalue weighted by Crippen LogP contribution is 2.33. The van der Waals surface area contributed by atoms with Gasteiger partial charge in [0.15, 0.2) is 5.54 Å². The molecule has 0 radical (unpaired) electrons. The number of carbonyl (C=O) groups is 1. The van der Waals surface area contributed by atoms with Crippen molar-refractivity contribution in [3.05, 3.63) is 88.5 Å². The molecule has 6 heteroatoms. The van der Waals surface area contributed by atoms with Gasteiger partial charge in [0.1, 0.15) is 5.60 Å². The van der Waals surface area contributed by atoms with E-state index in [1.54, 1.807) is 39.0 Å². The van der Waals surface area contributed by atoms with Crippen molar-refractivity contribution in [1.82, 2.24) is 5.32 Å². The fraction of sp³-hybridized carbons (Fsp3) is 0.286. The molecule has 0 saturated carbocycles. The number of hydrogen-bond donors (Lipinski definition) is 1. The summed E-state index contributed by atoms with van der Waals surface area (Å²) in [5.41, 5.74) is -0.843. The van der Waals surface area contributed by atoms with Crippen molar-refractivity contribution in [2.24, 2.45) is 0 Å². The van der Waals surface area contributed by atoms with Crippen LogP contribution in [0.25, 0.3) is 0 Å². The van der Waals surface area contributed by atoms with Gasteiger partial charge < -0.3 is 4.74 Å². The first kappa shape index (κ1) is 20.3. The third kappa shape index (κ3) is 4.60. The minimum Gasteiger partial charge on any atom is -0.458 e. The zero-order valence-electron chi connectivity index (χ0n) is 15.8. The molecule has 0 aromatic heterocycles. The van der Waals surface area contributed by atoms with Crippen LogP contribution in [0.5, 0.6) is 0 Å². The lowest BCUT2D eigenvalue weighted by molar-refractivity contribution is -0.384. The molecule has 0 saturated heterocycles. The summed E-state index contributed by atoms with van der Waals surface area (Å²) in [6.07, 6.45) is 1.65. The number of nitro groups is 1. The fourth-order valence-corrected chi connectivity index (χ4v) is 2.78. The van der Waals surface area contributed by atoms with Gasteiger partial charge in [-0.15, -0.1) is 6.58 Å². The first-order valence-corrected chi connectivity index (χ1v) is 8.60. The summed E-state index contributed by atoms with van der Waals surface area (Å²) in [5.74, 6) is -0.489. The van der Waals surface area contributed by atoms with Gasteiger partial charge in [-0.2, -0.15) is 0 Å². The lowest BCUT2D eigenvalue weighted by atomic mass is 9.82. The van der Waals surface area contributed by atoms with E-state index in [9.17, 15) is 14.9 Å². The van der Waals surface area contributed by atoms with Crippen molar-refractivity contribution in [1.29, 1.82) is 0 Å². The van der Waals surface area contributed by atoms with E-state index in [-0.39, 0.29) is 5.69 Å². The molecule has 1 atom stereocenters. The Morgan fingerprint density at radius 3 is 2.15 bits per heavy atom. The molecule has 6 nitrogen and oxygen atoms in total. The van der Waals surface area contributed by atoms with Gasteiger partial charge in [0.2, 0.25) is 0 Å². The molecule has 0 aliphatic rings. The number of rotatable bonds is 7. The molecular formula is C21H24N2O4. The van der Waals surface area contributed by atoms with E-state index in [0.717, 1.165) is 0 Å². The van der Waals surface area contributed by atoms with E-state index >= 15 is 0 Å². The van der Waals surface area contributed by atoms with Gasteiger partial charge in [-0.25, -0.2) is 4.79 Å². The lowest BCUT2D eigenvalue weighted by Crippen LogP contribution is -2.52. The standard InChI is InChI=1S/C21H24N2O4/c1-5-15-22-21(16-9-7-6-8-10-16,19(24)27-20(2,3)4)17-11-13-18(14-12-17)23(25)26/h5-14,22H,1,15H2,2-4H3/t21-/m1/s1. The Kier molecular flexibility index (Phi) is 6.13. The van der Waals surface area contributed by atoms with Crippen LogP contribution < -0.4 is 5.32 Å². The van der Waals surface area contributed by atoms with Crippen LogP contribution in [0.2, 0.25) is 0 Å². The zero-order chi connectivity index (χ0) is 20.1. The van der Waals surface area contributed by atoms with E-state index in [1.807, 2.05) is 30.3 Å². The molecule has 0 heterocycles. The Bertz CT molecular complexity index is 810. The molecule has 0 aliphatic heterocycles. The number of non-ortho nitro benzene ring substituents is 1. The molecule has 2 aromatic carbocycles. The predicted octanol–water partition coefficient (Wildman–Crippen LogP) is 3.96. The third-order valence-electron chi connectivity index (χ3n) is 3.93. The second-order valence-corrected chi connectivity index (χ2v) is 7.09. The number of nitrogens with one attached hydrogen (secondary N) is 1. The number of benzene rings is 2. The fourth-order valence-electron chi connectivity index (χ4n) is 2.78. The highest BCUT2D eigenvalue weighted by molar-refractivity contribution is 5.87. The largest absolute Gasteiger partial charge is 0.458 e. The summed E-state index contributed by atoms with van der Waals surface area (Å²) in [6, 6.07) is 15.1. The molecular weight excluding hydrogens is 344 g/mol. The molecule has 0 bridgehead atoms. The van der Waals surface area contributed by atoms with Crippen molar-refractivity contribution in [2.75, 3.05) is 6.54 Å². The Morgan fingerprint density at radius 1 is 1.11 bits per heavy atom. The number of esters is 1. The molecule has 0 amide bonds. The van der Waals surface area contributed by atoms with Crippen molar-refractivity contribution in [2.45, 2.75) is 31.9 Å². The Hall–Kier alpha value is -2.99. The number of nitro benzene ring substituents is 1. The molecule has 0 aliphatic carbocycles. The van der Waals surface area contributed by atoms with Gasteiger partial charge in [-0.3, -0.25) is 15.4 Å². The van der Waals surface area contributed by atoms with E-state index in [2.05, 4.69) is 11.9 Å². The topological polar surface area (TPSA) is 81.5 Å². The van der Waals surface area contributed by atoms with Crippen LogP contribution in [0.15, 0.2) is 67.3 Å². The molecule has 0 spiro atoms. The maximum absolute atomic E-state index is 13.4. The van der Waals surface area contributed by atoms with Crippen LogP contribution in [0.4, 0.5) is 5.69 Å². The maximum atomic E-state index is 13.4. The number of carbonyl (C=O) groups excluding carboxylic acids is 1. The van der Waals surface area contributed by atoms with Crippen LogP contribution in [0.1, 0.15) is 31.9 Å². The average Bonchev–Trinajstić information content (AvgIpc) is 2.62. The van der Waals surface area contributed by atoms with Crippen LogP contribution in [-0.2, 0) is 15.1 Å². The number of ether oxygens (including phenoxy) is 1. The van der Waals surface area contributed by atoms with Crippen molar-refractivity contribution in [3.63, 3.8) is 0 Å². The van der Waals surface area contributed by atoms with E-state index in [4.69, 9.17) is 4.74 Å². The Labute approximate surface area is 159 Å². The smallest absolute Gasteiger partial charge is 0.336 e. The second-order valence-electron chi connectivity index (χ2n) is 7.09. The summed E-state index contributed by atoms with van der Waals surface area (Å²) < 4.78 is 5.72. The summed E-state index contributed by atoms with van der Waals surface area (Å²) in [6.45, 7) is 9.44. The molecule has 0 unspecified atom stereocenters. The molecule has 142 valence electrons. The molecule has 1 N–H and O–H groups in total. The highest BCUT2D eigenvalue weighted by atomic mass is 16.6. The molecule has 2 aromatic rings. The summed E-state index contributed by atoms with van der Waals surface area (Å²) in [5, 5.41) is 14.2. The minimum atomic E-state index is -1.32. The van der Waals surface area contributed by atoms with Crippen LogP contribution >= 0.6 is 0 Å².